The Morgan fingerprint density at radius 3 is 3.00 bits per heavy atom. The Morgan fingerprint density at radius 2 is 2.10 bits per heavy atom. The molecule has 1 atom stereocenters. The molecule has 3 aromatic heterocycles. The Hall–Kier alpha value is -3.35. The molecule has 7 heteroatoms. The number of carbonyl (C=O) groups is 1. The average molecular weight is 387 g/mol. The monoisotopic (exact) mass is 387 g/mol. The summed E-state index contributed by atoms with van der Waals surface area (Å²) in [5.74, 6) is 0.730. The van der Waals surface area contributed by atoms with Crippen LogP contribution in [0.2, 0.25) is 0 Å². The highest BCUT2D eigenvalue weighted by Crippen LogP contribution is 2.38. The average Bonchev–Trinajstić information content (AvgIpc) is 3.49. The summed E-state index contributed by atoms with van der Waals surface area (Å²) in [7, 11) is 0. The van der Waals surface area contributed by atoms with Gasteiger partial charge < -0.3 is 14.4 Å². The van der Waals surface area contributed by atoms with Crippen molar-refractivity contribution in [2.45, 2.75) is 38.1 Å². The maximum atomic E-state index is 13.6. The van der Waals surface area contributed by atoms with Gasteiger partial charge in [0.2, 0.25) is 5.91 Å². The second kappa shape index (κ2) is 6.34. The zero-order valence-electron chi connectivity index (χ0n) is 15.9. The third-order valence-electron chi connectivity index (χ3n) is 6.33. The SMILES string of the molecule is O=C(C1CCCc2c1[nH]c1ccccc21)N1CCc2[nH]nc(-c3ccno3)c2C1. The molecule has 1 aliphatic heterocycles. The highest BCUT2D eigenvalue weighted by Gasteiger charge is 2.35. The van der Waals surface area contributed by atoms with Gasteiger partial charge in [0.15, 0.2) is 5.76 Å². The Morgan fingerprint density at radius 1 is 1.17 bits per heavy atom. The van der Waals surface area contributed by atoms with Crippen LogP contribution in [0.15, 0.2) is 41.1 Å². The standard InChI is InChI=1S/C22H21N5O2/c28-22(15-6-3-5-14-13-4-1-2-7-17(13)24-20(14)15)27-11-9-18-16(12-27)21(26-25-18)19-8-10-23-29-19/h1-2,4,7-8,10,15,24H,3,5-6,9,11-12H2,(H,25,26). The first-order chi connectivity index (χ1) is 14.3. The molecule has 0 saturated carbocycles. The topological polar surface area (TPSA) is 90.8 Å². The molecule has 6 rings (SSSR count). The van der Waals surface area contributed by atoms with Gasteiger partial charge in [-0.05, 0) is 30.9 Å². The number of nitrogens with zero attached hydrogens (tertiary/aromatic N) is 3. The van der Waals surface area contributed by atoms with Gasteiger partial charge in [0.1, 0.15) is 5.69 Å². The van der Waals surface area contributed by atoms with E-state index in [1.54, 1.807) is 12.3 Å². The second-order valence-electron chi connectivity index (χ2n) is 7.92. The number of para-hydroxylation sites is 1. The summed E-state index contributed by atoms with van der Waals surface area (Å²) in [5.41, 5.74) is 6.42. The van der Waals surface area contributed by atoms with E-state index in [0.717, 1.165) is 53.8 Å². The highest BCUT2D eigenvalue weighted by molar-refractivity contribution is 5.90. The van der Waals surface area contributed by atoms with E-state index in [4.69, 9.17) is 4.52 Å². The van der Waals surface area contributed by atoms with Crippen molar-refractivity contribution in [2.75, 3.05) is 6.54 Å². The predicted octanol–water partition coefficient (Wildman–Crippen LogP) is 3.55. The van der Waals surface area contributed by atoms with Crippen molar-refractivity contribution in [3.63, 3.8) is 0 Å². The third-order valence-corrected chi connectivity index (χ3v) is 6.33. The van der Waals surface area contributed by atoms with Gasteiger partial charge in [-0.3, -0.25) is 9.89 Å². The van der Waals surface area contributed by atoms with Gasteiger partial charge >= 0.3 is 0 Å². The Kier molecular flexibility index (Phi) is 3.62. The van der Waals surface area contributed by atoms with Crippen LogP contribution in [0.1, 0.15) is 41.3 Å². The van der Waals surface area contributed by atoms with E-state index in [1.807, 2.05) is 11.0 Å². The van der Waals surface area contributed by atoms with E-state index >= 15 is 0 Å². The minimum absolute atomic E-state index is 0.103. The predicted molar refractivity (Wildman–Crippen MR) is 107 cm³/mol. The number of hydrogen-bond donors (Lipinski definition) is 2. The van der Waals surface area contributed by atoms with Crippen molar-refractivity contribution < 1.29 is 9.32 Å². The van der Waals surface area contributed by atoms with Crippen LogP contribution >= 0.6 is 0 Å². The molecule has 4 aromatic rings. The number of nitrogens with one attached hydrogen (secondary N) is 2. The van der Waals surface area contributed by atoms with Crippen molar-refractivity contribution in [1.82, 2.24) is 25.2 Å². The first-order valence-electron chi connectivity index (χ1n) is 10.1. The van der Waals surface area contributed by atoms with E-state index in [9.17, 15) is 4.79 Å². The van der Waals surface area contributed by atoms with Gasteiger partial charge in [-0.2, -0.15) is 5.10 Å². The molecule has 4 heterocycles. The van der Waals surface area contributed by atoms with E-state index in [-0.39, 0.29) is 11.8 Å². The molecule has 0 fully saturated rings. The number of hydrogen-bond acceptors (Lipinski definition) is 4. The molecule has 1 aliphatic carbocycles. The van der Waals surface area contributed by atoms with Crippen LogP contribution in [0.3, 0.4) is 0 Å². The van der Waals surface area contributed by atoms with Crippen molar-refractivity contribution in [1.29, 1.82) is 0 Å². The van der Waals surface area contributed by atoms with E-state index in [2.05, 4.69) is 38.5 Å². The summed E-state index contributed by atoms with van der Waals surface area (Å²) >= 11 is 0. The second-order valence-corrected chi connectivity index (χ2v) is 7.92. The van der Waals surface area contributed by atoms with Crippen molar-refractivity contribution >= 4 is 16.8 Å². The summed E-state index contributed by atoms with van der Waals surface area (Å²) in [5, 5.41) is 12.6. The molecule has 0 radical (unpaired) electrons. The molecule has 1 amide bonds. The van der Waals surface area contributed by atoms with Crippen LogP contribution in [0.4, 0.5) is 0 Å². The Bertz CT molecular complexity index is 1200. The van der Waals surface area contributed by atoms with E-state index in [0.29, 0.717) is 18.8 Å². The van der Waals surface area contributed by atoms with Gasteiger partial charge in [0.25, 0.3) is 0 Å². The number of carbonyl (C=O) groups excluding carboxylic acids is 1. The fraction of sp³-hybridized carbons (Fsp3) is 0.318. The Labute approximate surface area is 167 Å². The normalized spacial score (nSPS) is 18.6. The molecule has 2 N–H and O–H groups in total. The molecule has 0 bridgehead atoms. The molecule has 1 aromatic carbocycles. The van der Waals surface area contributed by atoms with Gasteiger partial charge in [-0.15, -0.1) is 0 Å². The van der Waals surface area contributed by atoms with Crippen LogP contribution in [-0.4, -0.2) is 37.7 Å². The number of benzene rings is 1. The summed E-state index contributed by atoms with van der Waals surface area (Å²) in [6.07, 6.45) is 5.35. The molecule has 1 unspecified atom stereocenters. The minimum Gasteiger partial charge on any atom is -0.357 e. The number of fused-ring (bicyclic) bond motifs is 4. The molecular formula is C22H21N5O2. The fourth-order valence-electron chi connectivity index (χ4n) is 4.91. The van der Waals surface area contributed by atoms with Crippen molar-refractivity contribution in [3.8, 4) is 11.5 Å². The van der Waals surface area contributed by atoms with Gasteiger partial charge in [0.05, 0.1) is 12.1 Å². The smallest absolute Gasteiger partial charge is 0.231 e. The summed E-state index contributed by atoms with van der Waals surface area (Å²) < 4.78 is 5.30. The zero-order valence-corrected chi connectivity index (χ0v) is 15.9. The lowest BCUT2D eigenvalue weighted by Gasteiger charge is -2.32. The van der Waals surface area contributed by atoms with Crippen LogP contribution in [0.5, 0.6) is 0 Å². The molecule has 2 aliphatic rings. The van der Waals surface area contributed by atoms with Crippen LogP contribution in [-0.2, 0) is 24.2 Å². The van der Waals surface area contributed by atoms with Crippen LogP contribution < -0.4 is 0 Å². The lowest BCUT2D eigenvalue weighted by atomic mass is 9.85. The Balaban J connectivity index is 1.33. The molecule has 146 valence electrons. The van der Waals surface area contributed by atoms with Crippen molar-refractivity contribution in [2.24, 2.45) is 0 Å². The quantitative estimate of drug-likeness (QED) is 0.550. The number of aromatic amines is 2. The van der Waals surface area contributed by atoms with Crippen LogP contribution in [0, 0.1) is 0 Å². The summed E-state index contributed by atoms with van der Waals surface area (Å²) in [6, 6.07) is 10.2. The van der Waals surface area contributed by atoms with E-state index in [1.165, 1.54) is 10.9 Å². The maximum absolute atomic E-state index is 13.6. The van der Waals surface area contributed by atoms with Gasteiger partial charge in [-0.25, -0.2) is 0 Å². The number of rotatable bonds is 2. The van der Waals surface area contributed by atoms with Crippen molar-refractivity contribution in [3.05, 3.63) is 59.0 Å². The zero-order chi connectivity index (χ0) is 19.4. The fourth-order valence-corrected chi connectivity index (χ4v) is 4.91. The lowest BCUT2D eigenvalue weighted by molar-refractivity contribution is -0.134. The maximum Gasteiger partial charge on any atom is 0.231 e. The largest absolute Gasteiger partial charge is 0.357 e. The third kappa shape index (κ3) is 2.53. The molecule has 29 heavy (non-hydrogen) atoms. The first kappa shape index (κ1) is 16.6. The number of aromatic nitrogens is 4. The first-order valence-corrected chi connectivity index (χ1v) is 10.1. The van der Waals surface area contributed by atoms with Gasteiger partial charge in [-0.1, -0.05) is 23.4 Å². The summed E-state index contributed by atoms with van der Waals surface area (Å²) in [6.45, 7) is 1.25. The highest BCUT2D eigenvalue weighted by atomic mass is 16.5. The number of H-pyrrole nitrogens is 2. The minimum atomic E-state index is -0.103. The van der Waals surface area contributed by atoms with Gasteiger partial charge in [0, 0.05) is 53.4 Å². The van der Waals surface area contributed by atoms with Crippen LogP contribution in [0.25, 0.3) is 22.4 Å². The molecule has 7 nitrogen and oxygen atoms in total. The number of amides is 1. The number of aryl methyl sites for hydroxylation is 1. The molecular weight excluding hydrogens is 366 g/mol. The van der Waals surface area contributed by atoms with E-state index < -0.39 is 0 Å². The molecule has 0 spiro atoms. The summed E-state index contributed by atoms with van der Waals surface area (Å²) in [4.78, 5) is 19.1. The lowest BCUT2D eigenvalue weighted by Crippen LogP contribution is -2.39. The molecule has 0 saturated heterocycles.